The maximum absolute atomic E-state index is 12.3. The molecule has 5 nitrogen and oxygen atoms in total. The van der Waals surface area contributed by atoms with E-state index in [2.05, 4.69) is 15.8 Å². The molecule has 1 aromatic heterocycles. The van der Waals surface area contributed by atoms with Crippen LogP contribution in [0.5, 0.6) is 0 Å². The van der Waals surface area contributed by atoms with Gasteiger partial charge in [-0.25, -0.2) is 4.98 Å². The Balaban J connectivity index is 2.20. The van der Waals surface area contributed by atoms with Crippen molar-refractivity contribution < 1.29 is 4.79 Å². The lowest BCUT2D eigenvalue weighted by atomic mass is 10.4. The molecule has 1 aromatic rings. The molecule has 0 spiro atoms. The average Bonchev–Trinajstić information content (AvgIpc) is 3.04. The first-order chi connectivity index (χ1) is 9.17. The van der Waals surface area contributed by atoms with Gasteiger partial charge in [0, 0.05) is 19.6 Å². The summed E-state index contributed by atoms with van der Waals surface area (Å²) in [6.45, 7) is 4.74. The fourth-order valence-corrected chi connectivity index (χ4v) is 3.10. The molecule has 2 heterocycles. The van der Waals surface area contributed by atoms with E-state index in [9.17, 15) is 4.79 Å². The van der Waals surface area contributed by atoms with Crippen LogP contribution in [-0.4, -0.2) is 42.0 Å². The van der Waals surface area contributed by atoms with Crippen molar-refractivity contribution in [2.75, 3.05) is 36.8 Å². The van der Waals surface area contributed by atoms with Gasteiger partial charge in [0.05, 0.1) is 6.54 Å². The van der Waals surface area contributed by atoms with E-state index in [0.29, 0.717) is 23.8 Å². The summed E-state index contributed by atoms with van der Waals surface area (Å²) in [6.07, 6.45) is 7.60. The summed E-state index contributed by atoms with van der Waals surface area (Å²) >= 11 is 1.36. The van der Waals surface area contributed by atoms with E-state index in [-0.39, 0.29) is 5.91 Å². The summed E-state index contributed by atoms with van der Waals surface area (Å²) in [5, 5.41) is 0.843. The second-order valence-corrected chi connectivity index (χ2v) is 5.41. The number of amides is 1. The topological polar surface area (TPSA) is 62.5 Å². The maximum Gasteiger partial charge on any atom is 0.268 e. The smallest absolute Gasteiger partial charge is 0.268 e. The molecule has 1 aliphatic rings. The molecule has 0 aromatic carbocycles. The van der Waals surface area contributed by atoms with Gasteiger partial charge in [-0.05, 0) is 19.8 Å². The molecule has 0 saturated carbocycles. The fourth-order valence-electron chi connectivity index (χ4n) is 2.10. The third kappa shape index (κ3) is 2.82. The number of hydrogen-bond acceptors (Lipinski definition) is 5. The van der Waals surface area contributed by atoms with Gasteiger partial charge < -0.3 is 15.5 Å². The minimum absolute atomic E-state index is 0.124. The van der Waals surface area contributed by atoms with Gasteiger partial charge in [-0.2, -0.15) is 0 Å². The SMILES string of the molecule is C#CCN(CC)C(=O)c1sc(N2CCCC2)nc1N. The van der Waals surface area contributed by atoms with Crippen LogP contribution in [-0.2, 0) is 0 Å². The second-order valence-electron chi connectivity index (χ2n) is 4.43. The highest BCUT2D eigenvalue weighted by atomic mass is 32.1. The number of nitrogens with zero attached hydrogens (tertiary/aromatic N) is 3. The number of carbonyl (C=O) groups excluding carboxylic acids is 1. The van der Waals surface area contributed by atoms with Crippen molar-refractivity contribution in [3.63, 3.8) is 0 Å². The predicted molar refractivity (Wildman–Crippen MR) is 78.4 cm³/mol. The number of carbonyl (C=O) groups is 1. The Morgan fingerprint density at radius 2 is 2.26 bits per heavy atom. The number of thiazole rings is 1. The van der Waals surface area contributed by atoms with Crippen LogP contribution in [0, 0.1) is 12.3 Å². The Labute approximate surface area is 117 Å². The van der Waals surface area contributed by atoms with Gasteiger partial charge in [-0.15, -0.1) is 6.42 Å². The molecule has 1 saturated heterocycles. The normalized spacial score (nSPS) is 14.4. The van der Waals surface area contributed by atoms with E-state index in [4.69, 9.17) is 12.2 Å². The van der Waals surface area contributed by atoms with Gasteiger partial charge in [-0.3, -0.25) is 4.79 Å². The molecule has 6 heteroatoms. The summed E-state index contributed by atoms with van der Waals surface area (Å²) in [4.78, 5) is 20.9. The van der Waals surface area contributed by atoms with Crippen molar-refractivity contribution in [3.8, 4) is 12.3 Å². The van der Waals surface area contributed by atoms with Crippen molar-refractivity contribution in [1.82, 2.24) is 9.88 Å². The number of nitrogens with two attached hydrogens (primary N) is 1. The zero-order chi connectivity index (χ0) is 13.8. The molecule has 2 N–H and O–H groups in total. The molecule has 19 heavy (non-hydrogen) atoms. The lowest BCUT2D eigenvalue weighted by Gasteiger charge is -2.16. The van der Waals surface area contributed by atoms with Gasteiger partial charge in [0.15, 0.2) is 5.13 Å². The molecular weight excluding hydrogens is 260 g/mol. The zero-order valence-electron chi connectivity index (χ0n) is 11.1. The Kier molecular flexibility index (Phi) is 4.27. The lowest BCUT2D eigenvalue weighted by molar-refractivity contribution is 0.0790. The number of rotatable bonds is 4. The maximum atomic E-state index is 12.3. The van der Waals surface area contributed by atoms with Crippen LogP contribution in [0.3, 0.4) is 0 Å². The van der Waals surface area contributed by atoms with Gasteiger partial charge in [0.1, 0.15) is 10.7 Å². The van der Waals surface area contributed by atoms with E-state index in [1.807, 2.05) is 6.92 Å². The summed E-state index contributed by atoms with van der Waals surface area (Å²) in [5.41, 5.74) is 5.87. The van der Waals surface area contributed by atoms with Crippen LogP contribution in [0.2, 0.25) is 0 Å². The third-order valence-electron chi connectivity index (χ3n) is 3.16. The number of aromatic nitrogens is 1. The minimum Gasteiger partial charge on any atom is -0.382 e. The standard InChI is InChI=1S/C13H18N4OS/c1-3-7-16(4-2)12(18)10-11(14)15-13(19-10)17-8-5-6-9-17/h1H,4-9,14H2,2H3. The zero-order valence-corrected chi connectivity index (χ0v) is 11.9. The van der Waals surface area contributed by atoms with Crippen LogP contribution in [0.1, 0.15) is 29.4 Å². The van der Waals surface area contributed by atoms with Crippen LogP contribution >= 0.6 is 11.3 Å². The minimum atomic E-state index is -0.124. The van der Waals surface area contributed by atoms with Crippen molar-refractivity contribution in [2.24, 2.45) is 0 Å². The molecule has 1 aliphatic heterocycles. The number of nitrogen functional groups attached to an aromatic ring is 1. The van der Waals surface area contributed by atoms with E-state index in [0.717, 1.165) is 18.2 Å². The number of hydrogen-bond donors (Lipinski definition) is 1. The molecule has 102 valence electrons. The van der Waals surface area contributed by atoms with Crippen molar-refractivity contribution >= 4 is 28.2 Å². The monoisotopic (exact) mass is 278 g/mol. The van der Waals surface area contributed by atoms with E-state index >= 15 is 0 Å². The van der Waals surface area contributed by atoms with Crippen LogP contribution < -0.4 is 10.6 Å². The molecule has 0 bridgehead atoms. The van der Waals surface area contributed by atoms with E-state index < -0.39 is 0 Å². The number of terminal acetylenes is 1. The lowest BCUT2D eigenvalue weighted by Crippen LogP contribution is -2.31. The fraction of sp³-hybridized carbons (Fsp3) is 0.538. The molecular formula is C13H18N4OS. The molecule has 0 radical (unpaired) electrons. The van der Waals surface area contributed by atoms with Gasteiger partial charge in [0.2, 0.25) is 0 Å². The predicted octanol–water partition coefficient (Wildman–Crippen LogP) is 1.42. The molecule has 1 fully saturated rings. The highest BCUT2D eigenvalue weighted by molar-refractivity contribution is 7.18. The van der Waals surface area contributed by atoms with Gasteiger partial charge in [-0.1, -0.05) is 17.3 Å². The van der Waals surface area contributed by atoms with Crippen LogP contribution in [0.4, 0.5) is 10.9 Å². The van der Waals surface area contributed by atoms with Gasteiger partial charge >= 0.3 is 0 Å². The second kappa shape index (κ2) is 5.93. The Morgan fingerprint density at radius 1 is 1.58 bits per heavy atom. The first-order valence-corrected chi connectivity index (χ1v) is 7.23. The molecule has 0 unspecified atom stereocenters. The molecule has 0 aliphatic carbocycles. The first-order valence-electron chi connectivity index (χ1n) is 6.41. The summed E-state index contributed by atoms with van der Waals surface area (Å²) in [6, 6.07) is 0. The summed E-state index contributed by atoms with van der Waals surface area (Å²) in [5.74, 6) is 2.68. The molecule has 2 rings (SSSR count). The quantitative estimate of drug-likeness (QED) is 0.846. The highest BCUT2D eigenvalue weighted by Crippen LogP contribution is 2.31. The van der Waals surface area contributed by atoms with Crippen LogP contribution in [0.15, 0.2) is 0 Å². The first kappa shape index (κ1) is 13.7. The number of anilines is 2. The summed E-state index contributed by atoms with van der Waals surface area (Å²) < 4.78 is 0. The largest absolute Gasteiger partial charge is 0.382 e. The van der Waals surface area contributed by atoms with Gasteiger partial charge in [0.25, 0.3) is 5.91 Å². The van der Waals surface area contributed by atoms with Crippen molar-refractivity contribution in [1.29, 1.82) is 0 Å². The summed E-state index contributed by atoms with van der Waals surface area (Å²) in [7, 11) is 0. The van der Waals surface area contributed by atoms with E-state index in [1.165, 1.54) is 24.2 Å². The van der Waals surface area contributed by atoms with Crippen LogP contribution in [0.25, 0.3) is 0 Å². The Morgan fingerprint density at radius 3 is 2.84 bits per heavy atom. The van der Waals surface area contributed by atoms with Crippen molar-refractivity contribution in [3.05, 3.63) is 4.88 Å². The highest BCUT2D eigenvalue weighted by Gasteiger charge is 2.24. The van der Waals surface area contributed by atoms with Crippen molar-refractivity contribution in [2.45, 2.75) is 19.8 Å². The van der Waals surface area contributed by atoms with E-state index in [1.54, 1.807) is 4.90 Å². The Bertz CT molecular complexity index is 499. The molecule has 0 atom stereocenters. The molecule has 1 amide bonds. The Hall–Kier alpha value is -1.74. The third-order valence-corrected chi connectivity index (χ3v) is 4.28. The average molecular weight is 278 g/mol.